The Morgan fingerprint density at radius 3 is 2.50 bits per heavy atom. The topological polar surface area (TPSA) is 24.9 Å². The second-order valence-corrected chi connectivity index (χ2v) is 6.06. The number of rotatable bonds is 4. The van der Waals surface area contributed by atoms with Crippen molar-refractivity contribution in [2.75, 3.05) is 6.54 Å². The zero-order valence-corrected chi connectivity index (χ0v) is 12.1. The summed E-state index contributed by atoms with van der Waals surface area (Å²) in [4.78, 5) is 4.43. The summed E-state index contributed by atoms with van der Waals surface area (Å²) in [5.41, 5.74) is 1.40. The van der Waals surface area contributed by atoms with Crippen LogP contribution in [0.3, 0.4) is 0 Å². The summed E-state index contributed by atoms with van der Waals surface area (Å²) >= 11 is 3.40. The Bertz CT molecular complexity index is 314. The highest BCUT2D eigenvalue weighted by molar-refractivity contribution is 9.10. The molecule has 0 fully saturated rings. The Balaban J connectivity index is 2.72. The van der Waals surface area contributed by atoms with E-state index in [1.165, 1.54) is 0 Å². The second-order valence-electron chi connectivity index (χ2n) is 5.15. The molecule has 16 heavy (non-hydrogen) atoms. The molecule has 0 aliphatic carbocycles. The Morgan fingerprint density at radius 1 is 1.38 bits per heavy atom. The van der Waals surface area contributed by atoms with E-state index >= 15 is 0 Å². The van der Waals surface area contributed by atoms with Gasteiger partial charge >= 0.3 is 0 Å². The fourth-order valence-corrected chi connectivity index (χ4v) is 1.90. The Morgan fingerprint density at radius 2 is 2.06 bits per heavy atom. The van der Waals surface area contributed by atoms with E-state index in [0.717, 1.165) is 23.1 Å². The van der Waals surface area contributed by atoms with Crippen LogP contribution < -0.4 is 5.32 Å². The molecule has 1 heterocycles. The zero-order valence-electron chi connectivity index (χ0n) is 10.5. The maximum atomic E-state index is 4.43. The predicted octanol–water partition coefficient (Wildman–Crippen LogP) is 3.41. The Kier molecular flexibility index (Phi) is 4.93. The molecule has 1 atom stereocenters. The lowest BCUT2D eigenvalue weighted by Crippen LogP contribution is -2.42. The number of nitrogens with one attached hydrogen (secondary N) is 1. The van der Waals surface area contributed by atoms with Crippen molar-refractivity contribution in [1.82, 2.24) is 10.3 Å². The third kappa shape index (κ3) is 4.22. The molecule has 1 aromatic heterocycles. The molecule has 1 N–H and O–H groups in total. The average Bonchev–Trinajstić information content (AvgIpc) is 2.19. The van der Waals surface area contributed by atoms with E-state index in [1.54, 1.807) is 0 Å². The van der Waals surface area contributed by atoms with E-state index in [9.17, 15) is 0 Å². The number of likely N-dealkylation sites (N-methyl/N-ethyl adjacent to an activating group) is 1. The van der Waals surface area contributed by atoms with Crippen LogP contribution in [0.5, 0.6) is 0 Å². The first kappa shape index (κ1) is 13.7. The number of aromatic nitrogens is 1. The van der Waals surface area contributed by atoms with E-state index in [2.05, 4.69) is 60.0 Å². The molecule has 90 valence electrons. The first-order valence-corrected chi connectivity index (χ1v) is 6.56. The van der Waals surface area contributed by atoms with Gasteiger partial charge in [-0.2, -0.15) is 0 Å². The Hall–Kier alpha value is -0.410. The molecule has 0 bridgehead atoms. The van der Waals surface area contributed by atoms with Crippen LogP contribution in [0.15, 0.2) is 22.8 Å². The maximum Gasteiger partial charge on any atom is 0.0420 e. The summed E-state index contributed by atoms with van der Waals surface area (Å²) in [7, 11) is 0. The van der Waals surface area contributed by atoms with E-state index in [4.69, 9.17) is 0 Å². The zero-order chi connectivity index (χ0) is 12.2. The summed E-state index contributed by atoms with van der Waals surface area (Å²) in [5.74, 6) is 0. The summed E-state index contributed by atoms with van der Waals surface area (Å²) in [6.07, 6.45) is 2.84. The van der Waals surface area contributed by atoms with Crippen LogP contribution in [0.2, 0.25) is 0 Å². The van der Waals surface area contributed by atoms with Crippen LogP contribution in [0.25, 0.3) is 0 Å². The van der Waals surface area contributed by atoms with Crippen LogP contribution >= 0.6 is 15.9 Å². The minimum absolute atomic E-state index is 0.255. The minimum atomic E-state index is 0.255. The Labute approximate surface area is 107 Å². The quantitative estimate of drug-likeness (QED) is 0.917. The van der Waals surface area contributed by atoms with Crippen LogP contribution in [-0.2, 0) is 6.42 Å². The molecule has 1 unspecified atom stereocenters. The van der Waals surface area contributed by atoms with Gasteiger partial charge in [-0.25, -0.2) is 0 Å². The maximum absolute atomic E-state index is 4.43. The summed E-state index contributed by atoms with van der Waals surface area (Å²) in [6, 6.07) is 4.60. The number of hydrogen-bond acceptors (Lipinski definition) is 2. The van der Waals surface area contributed by atoms with Gasteiger partial charge < -0.3 is 5.32 Å². The van der Waals surface area contributed by atoms with E-state index in [-0.39, 0.29) is 5.41 Å². The largest absolute Gasteiger partial charge is 0.313 e. The van der Waals surface area contributed by atoms with E-state index in [1.807, 2.05) is 12.3 Å². The van der Waals surface area contributed by atoms with Crippen LogP contribution in [-0.4, -0.2) is 17.6 Å². The SMILES string of the molecule is CCNC(Cc1ccc(Br)cn1)C(C)(C)C. The van der Waals surface area contributed by atoms with Gasteiger partial charge in [-0.3, -0.25) is 4.98 Å². The van der Waals surface area contributed by atoms with Gasteiger partial charge in [0.25, 0.3) is 0 Å². The van der Waals surface area contributed by atoms with Gasteiger partial charge in [-0.05, 0) is 40.0 Å². The molecule has 0 radical (unpaired) electrons. The van der Waals surface area contributed by atoms with Gasteiger partial charge in [0.15, 0.2) is 0 Å². The number of hydrogen-bond donors (Lipinski definition) is 1. The molecular formula is C13H21BrN2. The first-order valence-electron chi connectivity index (χ1n) is 5.77. The lowest BCUT2D eigenvalue weighted by Gasteiger charge is -2.31. The van der Waals surface area contributed by atoms with Crippen molar-refractivity contribution in [3.8, 4) is 0 Å². The van der Waals surface area contributed by atoms with E-state index < -0.39 is 0 Å². The van der Waals surface area contributed by atoms with Crippen molar-refractivity contribution >= 4 is 15.9 Å². The summed E-state index contributed by atoms with van der Waals surface area (Å²) in [5, 5.41) is 3.53. The van der Waals surface area contributed by atoms with Crippen molar-refractivity contribution in [1.29, 1.82) is 0 Å². The minimum Gasteiger partial charge on any atom is -0.313 e. The van der Waals surface area contributed by atoms with Crippen LogP contribution in [0.1, 0.15) is 33.4 Å². The number of pyridine rings is 1. The van der Waals surface area contributed by atoms with Gasteiger partial charge in [0.1, 0.15) is 0 Å². The van der Waals surface area contributed by atoms with Gasteiger partial charge in [0.05, 0.1) is 0 Å². The molecule has 0 spiro atoms. The van der Waals surface area contributed by atoms with Crippen molar-refractivity contribution in [3.05, 3.63) is 28.5 Å². The van der Waals surface area contributed by atoms with Crippen molar-refractivity contribution in [2.24, 2.45) is 5.41 Å². The predicted molar refractivity (Wildman–Crippen MR) is 72.6 cm³/mol. The molecule has 3 heteroatoms. The number of halogens is 1. The highest BCUT2D eigenvalue weighted by Gasteiger charge is 2.24. The molecule has 0 saturated heterocycles. The van der Waals surface area contributed by atoms with Crippen molar-refractivity contribution in [2.45, 2.75) is 40.2 Å². The molecule has 2 nitrogen and oxygen atoms in total. The highest BCUT2D eigenvalue weighted by Crippen LogP contribution is 2.22. The lowest BCUT2D eigenvalue weighted by molar-refractivity contribution is 0.268. The van der Waals surface area contributed by atoms with Crippen molar-refractivity contribution in [3.63, 3.8) is 0 Å². The fourth-order valence-electron chi connectivity index (χ4n) is 1.67. The third-order valence-electron chi connectivity index (χ3n) is 2.70. The molecule has 0 aliphatic heterocycles. The van der Waals surface area contributed by atoms with Gasteiger partial charge in [-0.1, -0.05) is 27.7 Å². The third-order valence-corrected chi connectivity index (χ3v) is 3.17. The fraction of sp³-hybridized carbons (Fsp3) is 0.615. The second kappa shape index (κ2) is 5.78. The van der Waals surface area contributed by atoms with Gasteiger partial charge in [0, 0.05) is 28.8 Å². The average molecular weight is 285 g/mol. The van der Waals surface area contributed by atoms with E-state index in [0.29, 0.717) is 6.04 Å². The normalized spacial score (nSPS) is 13.8. The number of nitrogens with zero attached hydrogens (tertiary/aromatic N) is 1. The smallest absolute Gasteiger partial charge is 0.0420 e. The van der Waals surface area contributed by atoms with Gasteiger partial charge in [0.2, 0.25) is 0 Å². The molecular weight excluding hydrogens is 264 g/mol. The molecule has 0 aromatic carbocycles. The van der Waals surface area contributed by atoms with Crippen LogP contribution in [0, 0.1) is 5.41 Å². The standard InChI is InChI=1S/C13H21BrN2/c1-5-15-12(13(2,3)4)8-11-7-6-10(14)9-16-11/h6-7,9,12,15H,5,8H2,1-4H3. The molecule has 0 aliphatic rings. The summed E-state index contributed by atoms with van der Waals surface area (Å²) < 4.78 is 1.03. The van der Waals surface area contributed by atoms with Crippen molar-refractivity contribution < 1.29 is 0 Å². The highest BCUT2D eigenvalue weighted by atomic mass is 79.9. The summed E-state index contributed by atoms with van der Waals surface area (Å²) in [6.45, 7) is 9.93. The molecule has 0 amide bonds. The van der Waals surface area contributed by atoms with Crippen LogP contribution in [0.4, 0.5) is 0 Å². The molecule has 1 aromatic rings. The molecule has 1 rings (SSSR count). The first-order chi connectivity index (χ1) is 7.43. The monoisotopic (exact) mass is 284 g/mol. The van der Waals surface area contributed by atoms with Gasteiger partial charge in [-0.15, -0.1) is 0 Å². The molecule has 0 saturated carbocycles. The lowest BCUT2D eigenvalue weighted by atomic mass is 9.84.